The Morgan fingerprint density at radius 2 is 2.00 bits per heavy atom. The lowest BCUT2D eigenvalue weighted by molar-refractivity contribution is -0.236. The zero-order valence-corrected chi connectivity index (χ0v) is 14.8. The van der Waals surface area contributed by atoms with Crippen LogP contribution in [-0.4, -0.2) is 71.7 Å². The first-order chi connectivity index (χ1) is 9.82. The van der Waals surface area contributed by atoms with Gasteiger partial charge in [-0.1, -0.05) is 21.6 Å². The van der Waals surface area contributed by atoms with Gasteiger partial charge in [0, 0.05) is 44.1 Å². The average molecular weight is 338 g/mol. The van der Waals surface area contributed by atoms with Crippen LogP contribution in [0.5, 0.6) is 0 Å². The molecule has 0 heterocycles. The number of hydrogen-bond donors (Lipinski definition) is 1. The van der Waals surface area contributed by atoms with Crippen molar-refractivity contribution in [1.29, 1.82) is 0 Å². The van der Waals surface area contributed by atoms with Gasteiger partial charge in [-0.3, -0.25) is 14.8 Å². The Labute approximate surface area is 134 Å². The van der Waals surface area contributed by atoms with Crippen LogP contribution in [0.25, 0.3) is 0 Å². The number of carbonyl (C=O) groups excluding carboxylic acids is 2. The van der Waals surface area contributed by atoms with Gasteiger partial charge in [0.05, 0.1) is 6.61 Å². The van der Waals surface area contributed by atoms with Gasteiger partial charge in [0.2, 0.25) is 12.3 Å². The van der Waals surface area contributed by atoms with Crippen LogP contribution in [0.1, 0.15) is 26.7 Å². The number of carbonyl (C=O) groups is 2. The van der Waals surface area contributed by atoms with Crippen molar-refractivity contribution in [1.82, 2.24) is 9.80 Å². The van der Waals surface area contributed by atoms with Gasteiger partial charge in [-0.15, -0.1) is 0 Å². The Bertz CT molecular complexity index is 317. The van der Waals surface area contributed by atoms with Gasteiger partial charge in [0.15, 0.2) is 0 Å². The molecule has 0 aliphatic rings. The molecule has 0 radical (unpaired) electrons. The fraction of sp³-hybridized carbons (Fsp3) is 0.846. The number of nitrogens with zero attached hydrogens (tertiary/aromatic N) is 2. The van der Waals surface area contributed by atoms with Crippen molar-refractivity contribution >= 4 is 33.9 Å². The molecule has 0 aromatic rings. The van der Waals surface area contributed by atoms with Crippen molar-refractivity contribution in [2.45, 2.75) is 31.4 Å². The third kappa shape index (κ3) is 10.9. The Morgan fingerprint density at radius 3 is 2.57 bits per heavy atom. The zero-order valence-electron chi connectivity index (χ0n) is 13.2. The predicted octanol–water partition coefficient (Wildman–Crippen LogP) is 1.96. The van der Waals surface area contributed by atoms with Crippen LogP contribution in [0.15, 0.2) is 0 Å². The average Bonchev–Trinajstić information content (AvgIpc) is 2.46. The van der Waals surface area contributed by atoms with E-state index in [1.54, 1.807) is 40.6 Å². The predicted molar refractivity (Wildman–Crippen MR) is 88.3 cm³/mol. The SMILES string of the molecule is CN(C=O)CCN(C)C(=O)CCC(C)(C)SSCCOO. The summed E-state index contributed by atoms with van der Waals surface area (Å²) in [6.07, 6.45) is 2.01. The molecule has 0 rings (SSSR count). The quantitative estimate of drug-likeness (QED) is 0.193. The number of rotatable bonds is 12. The van der Waals surface area contributed by atoms with E-state index in [2.05, 4.69) is 18.7 Å². The minimum absolute atomic E-state index is 0.0176. The summed E-state index contributed by atoms with van der Waals surface area (Å²) >= 11 is 0. The zero-order chi connectivity index (χ0) is 16.3. The molecule has 8 heteroatoms. The molecule has 0 fully saturated rings. The second kappa shape index (κ2) is 11.2. The summed E-state index contributed by atoms with van der Waals surface area (Å²) in [5.41, 5.74) is 0. The largest absolute Gasteiger partial charge is 0.347 e. The van der Waals surface area contributed by atoms with Gasteiger partial charge in [0.1, 0.15) is 0 Å². The fourth-order valence-corrected chi connectivity index (χ4v) is 3.79. The molecule has 0 saturated carbocycles. The van der Waals surface area contributed by atoms with Crippen molar-refractivity contribution in [3.05, 3.63) is 0 Å². The second-order valence-electron chi connectivity index (χ2n) is 5.40. The Kier molecular flexibility index (Phi) is 10.9. The van der Waals surface area contributed by atoms with Crippen molar-refractivity contribution in [3.63, 3.8) is 0 Å². The molecule has 0 unspecified atom stereocenters. The molecule has 124 valence electrons. The van der Waals surface area contributed by atoms with Crippen LogP contribution >= 0.6 is 21.6 Å². The first-order valence-electron chi connectivity index (χ1n) is 6.79. The summed E-state index contributed by atoms with van der Waals surface area (Å²) in [6, 6.07) is 0. The van der Waals surface area contributed by atoms with Gasteiger partial charge in [-0.05, 0) is 20.3 Å². The molecule has 6 nitrogen and oxygen atoms in total. The molecule has 0 aliphatic heterocycles. The number of likely N-dealkylation sites (N-methyl/N-ethyl adjacent to an activating group) is 2. The lowest BCUT2D eigenvalue weighted by Gasteiger charge is -2.25. The highest BCUT2D eigenvalue weighted by Crippen LogP contribution is 2.38. The molecule has 0 aliphatic carbocycles. The summed E-state index contributed by atoms with van der Waals surface area (Å²) in [7, 11) is 6.77. The van der Waals surface area contributed by atoms with E-state index >= 15 is 0 Å². The van der Waals surface area contributed by atoms with E-state index < -0.39 is 0 Å². The molecule has 21 heavy (non-hydrogen) atoms. The summed E-state index contributed by atoms with van der Waals surface area (Å²) in [5, 5.41) is 8.24. The molecule has 0 saturated heterocycles. The van der Waals surface area contributed by atoms with Crippen molar-refractivity contribution in [3.8, 4) is 0 Å². The smallest absolute Gasteiger partial charge is 0.222 e. The van der Waals surface area contributed by atoms with Crippen LogP contribution in [0.3, 0.4) is 0 Å². The van der Waals surface area contributed by atoms with E-state index in [4.69, 9.17) is 5.26 Å². The van der Waals surface area contributed by atoms with Gasteiger partial charge >= 0.3 is 0 Å². The highest BCUT2D eigenvalue weighted by atomic mass is 33.1. The molecule has 0 atom stereocenters. The van der Waals surface area contributed by atoms with Crippen LogP contribution in [0.4, 0.5) is 0 Å². The van der Waals surface area contributed by atoms with Gasteiger partial charge in [0.25, 0.3) is 0 Å². The Hall–Kier alpha value is -0.440. The van der Waals surface area contributed by atoms with Crippen molar-refractivity contribution in [2.75, 3.05) is 39.5 Å². The molecule has 0 aromatic carbocycles. The van der Waals surface area contributed by atoms with Gasteiger partial charge in [-0.2, -0.15) is 0 Å². The summed E-state index contributed by atoms with van der Waals surface area (Å²) in [5.74, 6) is 0.794. The van der Waals surface area contributed by atoms with E-state index in [1.807, 2.05) is 0 Å². The summed E-state index contributed by atoms with van der Waals surface area (Å²) < 4.78 is -0.0176. The molecular weight excluding hydrogens is 312 g/mol. The Balaban J connectivity index is 3.95. The highest BCUT2D eigenvalue weighted by Gasteiger charge is 2.21. The fourth-order valence-electron chi connectivity index (χ4n) is 1.40. The maximum Gasteiger partial charge on any atom is 0.222 e. The normalized spacial score (nSPS) is 11.3. The maximum absolute atomic E-state index is 12.0. The lowest BCUT2D eigenvalue weighted by atomic mass is 10.1. The monoisotopic (exact) mass is 338 g/mol. The van der Waals surface area contributed by atoms with Crippen LogP contribution in [0.2, 0.25) is 0 Å². The van der Waals surface area contributed by atoms with E-state index in [-0.39, 0.29) is 10.7 Å². The van der Waals surface area contributed by atoms with Gasteiger partial charge < -0.3 is 9.80 Å². The maximum atomic E-state index is 12.0. The molecule has 0 bridgehead atoms. The minimum atomic E-state index is -0.0176. The molecular formula is C13H26N2O4S2. The minimum Gasteiger partial charge on any atom is -0.347 e. The first kappa shape index (κ1) is 20.6. The van der Waals surface area contributed by atoms with E-state index in [1.165, 1.54) is 4.90 Å². The third-order valence-electron chi connectivity index (χ3n) is 2.88. The number of amides is 2. The van der Waals surface area contributed by atoms with Gasteiger partial charge in [-0.25, -0.2) is 4.89 Å². The standard InChI is InChI=1S/C13H26N2O4S2/c1-13(2,21-20-10-9-19-18)6-5-12(17)15(4)8-7-14(3)11-16/h11,18H,5-10H2,1-4H3. The molecule has 0 spiro atoms. The number of hydrogen-bond acceptors (Lipinski definition) is 6. The van der Waals surface area contributed by atoms with E-state index in [9.17, 15) is 9.59 Å². The van der Waals surface area contributed by atoms with Crippen molar-refractivity contribution in [2.24, 2.45) is 0 Å². The lowest BCUT2D eigenvalue weighted by Crippen LogP contribution is -2.35. The van der Waals surface area contributed by atoms with Crippen molar-refractivity contribution < 1.29 is 19.7 Å². The first-order valence-corrected chi connectivity index (χ1v) is 9.11. The van der Waals surface area contributed by atoms with E-state index in [0.717, 1.165) is 12.8 Å². The third-order valence-corrected chi connectivity index (χ3v) is 6.19. The second-order valence-corrected chi connectivity index (χ2v) is 8.52. The summed E-state index contributed by atoms with van der Waals surface area (Å²) in [6.45, 7) is 5.58. The van der Waals surface area contributed by atoms with Crippen LogP contribution < -0.4 is 0 Å². The Morgan fingerprint density at radius 1 is 1.33 bits per heavy atom. The topological polar surface area (TPSA) is 70.1 Å². The van der Waals surface area contributed by atoms with E-state index in [0.29, 0.717) is 31.9 Å². The summed E-state index contributed by atoms with van der Waals surface area (Å²) in [4.78, 5) is 29.7. The molecule has 0 aromatic heterocycles. The molecule has 1 N–H and O–H groups in total. The van der Waals surface area contributed by atoms with Crippen LogP contribution in [0, 0.1) is 0 Å². The van der Waals surface area contributed by atoms with Crippen LogP contribution in [-0.2, 0) is 14.5 Å². The highest BCUT2D eigenvalue weighted by molar-refractivity contribution is 8.77. The molecule has 2 amide bonds.